The molecule has 0 radical (unpaired) electrons. The molecule has 0 saturated heterocycles. The molecule has 1 aliphatic carbocycles. The van der Waals surface area contributed by atoms with E-state index in [0.29, 0.717) is 6.04 Å². The van der Waals surface area contributed by atoms with E-state index < -0.39 is 0 Å². The summed E-state index contributed by atoms with van der Waals surface area (Å²) in [5, 5.41) is 0. The molecule has 2 N–H and O–H groups in total. The van der Waals surface area contributed by atoms with Crippen molar-refractivity contribution in [1.82, 2.24) is 14.5 Å². The molecule has 16 heavy (non-hydrogen) atoms. The number of nitrogens with two attached hydrogens (primary N) is 1. The van der Waals surface area contributed by atoms with Gasteiger partial charge in [-0.25, -0.2) is 4.98 Å². The molecule has 90 valence electrons. The first-order valence-corrected chi connectivity index (χ1v) is 6.17. The minimum atomic E-state index is 0.600. The van der Waals surface area contributed by atoms with Crippen molar-refractivity contribution in [1.29, 1.82) is 0 Å². The van der Waals surface area contributed by atoms with Gasteiger partial charge in [0, 0.05) is 31.5 Å². The van der Waals surface area contributed by atoms with Crippen LogP contribution in [0.4, 0.5) is 0 Å². The van der Waals surface area contributed by atoms with E-state index in [-0.39, 0.29) is 0 Å². The molecule has 1 unspecified atom stereocenters. The monoisotopic (exact) mass is 222 g/mol. The lowest BCUT2D eigenvalue weighted by molar-refractivity contribution is 0.218. The number of rotatable bonds is 7. The lowest BCUT2D eigenvalue weighted by Crippen LogP contribution is -2.40. The van der Waals surface area contributed by atoms with Crippen molar-refractivity contribution in [2.24, 2.45) is 11.7 Å². The van der Waals surface area contributed by atoms with Crippen LogP contribution in [0.1, 0.15) is 19.3 Å². The topological polar surface area (TPSA) is 47.1 Å². The molecule has 0 aliphatic heterocycles. The summed E-state index contributed by atoms with van der Waals surface area (Å²) < 4.78 is 2.13. The molecule has 4 heteroatoms. The highest BCUT2D eigenvalue weighted by Crippen LogP contribution is 2.34. The van der Waals surface area contributed by atoms with Crippen molar-refractivity contribution in [2.45, 2.75) is 31.8 Å². The fourth-order valence-corrected chi connectivity index (χ4v) is 2.30. The van der Waals surface area contributed by atoms with Crippen LogP contribution in [-0.2, 0) is 6.54 Å². The van der Waals surface area contributed by atoms with Crippen LogP contribution in [0.2, 0.25) is 0 Å². The Morgan fingerprint density at radius 1 is 1.56 bits per heavy atom. The second-order valence-corrected chi connectivity index (χ2v) is 4.78. The van der Waals surface area contributed by atoms with Gasteiger partial charge >= 0.3 is 0 Å². The highest BCUT2D eigenvalue weighted by Gasteiger charge is 2.32. The maximum atomic E-state index is 5.82. The van der Waals surface area contributed by atoms with Crippen LogP contribution in [0.25, 0.3) is 0 Å². The third-order valence-corrected chi connectivity index (χ3v) is 3.46. The maximum Gasteiger partial charge on any atom is 0.0945 e. The predicted molar refractivity (Wildman–Crippen MR) is 65.0 cm³/mol. The Labute approximate surface area is 97.4 Å². The van der Waals surface area contributed by atoms with Crippen molar-refractivity contribution < 1.29 is 0 Å². The number of likely N-dealkylation sites (N-methyl/N-ethyl adjacent to an activating group) is 1. The summed E-state index contributed by atoms with van der Waals surface area (Å²) in [7, 11) is 2.20. The van der Waals surface area contributed by atoms with E-state index in [1.54, 1.807) is 0 Å². The van der Waals surface area contributed by atoms with E-state index in [9.17, 15) is 0 Å². The van der Waals surface area contributed by atoms with Crippen molar-refractivity contribution >= 4 is 0 Å². The third kappa shape index (κ3) is 3.06. The third-order valence-electron chi connectivity index (χ3n) is 3.46. The molecule has 1 fully saturated rings. The van der Waals surface area contributed by atoms with Gasteiger partial charge < -0.3 is 15.2 Å². The summed E-state index contributed by atoms with van der Waals surface area (Å²) in [4.78, 5) is 6.46. The molecule has 1 aromatic rings. The van der Waals surface area contributed by atoms with E-state index in [1.807, 2.05) is 18.7 Å². The molecule has 1 saturated carbocycles. The van der Waals surface area contributed by atoms with Gasteiger partial charge in [0.15, 0.2) is 0 Å². The quantitative estimate of drug-likeness (QED) is 0.747. The molecule has 1 aliphatic rings. The van der Waals surface area contributed by atoms with Crippen molar-refractivity contribution in [3.8, 4) is 0 Å². The van der Waals surface area contributed by atoms with Crippen molar-refractivity contribution in [3.63, 3.8) is 0 Å². The van der Waals surface area contributed by atoms with Gasteiger partial charge in [-0.15, -0.1) is 0 Å². The second-order valence-electron chi connectivity index (χ2n) is 4.78. The van der Waals surface area contributed by atoms with Crippen LogP contribution in [-0.4, -0.2) is 40.6 Å². The molecule has 1 atom stereocenters. The number of imidazole rings is 1. The smallest absolute Gasteiger partial charge is 0.0945 e. The lowest BCUT2D eigenvalue weighted by Gasteiger charge is -2.26. The first kappa shape index (κ1) is 11.6. The number of aryl methyl sites for hydroxylation is 1. The van der Waals surface area contributed by atoms with E-state index in [1.165, 1.54) is 12.8 Å². The summed E-state index contributed by atoms with van der Waals surface area (Å²) in [6.07, 6.45) is 9.62. The first-order valence-electron chi connectivity index (χ1n) is 6.17. The number of aromatic nitrogens is 2. The maximum absolute atomic E-state index is 5.82. The van der Waals surface area contributed by atoms with Crippen LogP contribution < -0.4 is 5.73 Å². The number of nitrogens with zero attached hydrogens (tertiary/aromatic N) is 3. The Kier molecular flexibility index (Phi) is 3.96. The van der Waals surface area contributed by atoms with E-state index in [2.05, 4.69) is 21.5 Å². The highest BCUT2D eigenvalue weighted by molar-refractivity contribution is 4.87. The fourth-order valence-electron chi connectivity index (χ4n) is 2.30. The van der Waals surface area contributed by atoms with Gasteiger partial charge in [0.2, 0.25) is 0 Å². The van der Waals surface area contributed by atoms with Crippen LogP contribution in [0.5, 0.6) is 0 Å². The summed E-state index contributed by atoms with van der Waals surface area (Å²) in [6, 6.07) is 0.600. The molecule has 0 spiro atoms. The summed E-state index contributed by atoms with van der Waals surface area (Å²) in [6.45, 7) is 2.97. The van der Waals surface area contributed by atoms with Crippen molar-refractivity contribution in [2.75, 3.05) is 20.1 Å². The fraction of sp³-hybridized carbons (Fsp3) is 0.750. The normalized spacial score (nSPS) is 17.9. The van der Waals surface area contributed by atoms with Crippen LogP contribution >= 0.6 is 0 Å². The molecular weight excluding hydrogens is 200 g/mol. The largest absolute Gasteiger partial charge is 0.337 e. The van der Waals surface area contributed by atoms with Gasteiger partial charge in [0.25, 0.3) is 0 Å². The minimum Gasteiger partial charge on any atom is -0.337 e. The average Bonchev–Trinajstić information content (AvgIpc) is 2.96. The van der Waals surface area contributed by atoms with E-state index in [0.717, 1.165) is 32.0 Å². The molecular formula is C12H22N4. The van der Waals surface area contributed by atoms with Crippen LogP contribution in [0.3, 0.4) is 0 Å². The standard InChI is InChI=1S/C12H22N4/c1-15(12(9-13)11-3-4-11)6-2-7-16-8-5-14-10-16/h5,8,10-12H,2-4,6-7,9,13H2,1H3. The highest BCUT2D eigenvalue weighted by atomic mass is 15.1. The van der Waals surface area contributed by atoms with Crippen molar-refractivity contribution in [3.05, 3.63) is 18.7 Å². The van der Waals surface area contributed by atoms with Crippen LogP contribution in [0.15, 0.2) is 18.7 Å². The predicted octanol–water partition coefficient (Wildman–Crippen LogP) is 0.942. The summed E-state index contributed by atoms with van der Waals surface area (Å²) >= 11 is 0. The Morgan fingerprint density at radius 2 is 2.38 bits per heavy atom. The SMILES string of the molecule is CN(CCCn1ccnc1)C(CN)C1CC1. The summed E-state index contributed by atoms with van der Waals surface area (Å²) in [5.74, 6) is 0.864. The van der Waals surface area contributed by atoms with E-state index >= 15 is 0 Å². The zero-order valence-electron chi connectivity index (χ0n) is 10.0. The average molecular weight is 222 g/mol. The van der Waals surface area contributed by atoms with Gasteiger partial charge in [0.05, 0.1) is 6.33 Å². The molecule has 4 nitrogen and oxygen atoms in total. The second kappa shape index (κ2) is 5.46. The number of hydrogen-bond acceptors (Lipinski definition) is 3. The zero-order chi connectivity index (χ0) is 11.4. The Hall–Kier alpha value is -0.870. The molecule has 2 rings (SSSR count). The Balaban J connectivity index is 1.68. The molecule has 1 aromatic heterocycles. The van der Waals surface area contributed by atoms with Gasteiger partial charge in [-0.2, -0.15) is 0 Å². The van der Waals surface area contributed by atoms with Gasteiger partial charge in [-0.1, -0.05) is 0 Å². The van der Waals surface area contributed by atoms with Gasteiger partial charge in [-0.3, -0.25) is 0 Å². The van der Waals surface area contributed by atoms with Gasteiger partial charge in [-0.05, 0) is 38.8 Å². The first-order chi connectivity index (χ1) is 7.81. The molecule has 0 bridgehead atoms. The minimum absolute atomic E-state index is 0.600. The number of hydrogen-bond donors (Lipinski definition) is 1. The summed E-state index contributed by atoms with van der Waals surface area (Å²) in [5.41, 5.74) is 5.82. The molecule has 0 amide bonds. The Bertz CT molecular complexity index is 292. The van der Waals surface area contributed by atoms with E-state index in [4.69, 9.17) is 5.73 Å². The molecule has 0 aromatic carbocycles. The van der Waals surface area contributed by atoms with Gasteiger partial charge in [0.1, 0.15) is 0 Å². The Morgan fingerprint density at radius 3 is 2.94 bits per heavy atom. The molecule has 1 heterocycles. The lowest BCUT2D eigenvalue weighted by atomic mass is 10.1. The van der Waals surface area contributed by atoms with Crippen LogP contribution in [0, 0.1) is 5.92 Å². The zero-order valence-corrected chi connectivity index (χ0v) is 10.0.